The van der Waals surface area contributed by atoms with Gasteiger partial charge in [-0.1, -0.05) is 29.3 Å². The van der Waals surface area contributed by atoms with Crippen molar-refractivity contribution in [3.8, 4) is 0 Å². The van der Waals surface area contributed by atoms with Crippen LogP contribution in [-0.4, -0.2) is 8.42 Å². The number of sulfonamides is 1. The minimum atomic E-state index is -3.62. The van der Waals surface area contributed by atoms with Crippen molar-refractivity contribution in [2.45, 2.75) is 25.3 Å². The van der Waals surface area contributed by atoms with Crippen LogP contribution in [0.4, 0.5) is 4.39 Å². The summed E-state index contributed by atoms with van der Waals surface area (Å²) in [6, 6.07) is 10.6. The minimum Gasteiger partial charge on any atom is -0.207 e. The summed E-state index contributed by atoms with van der Waals surface area (Å²) in [7, 11) is -3.62. The van der Waals surface area contributed by atoms with E-state index in [0.717, 1.165) is 28.8 Å². The second kappa shape index (κ2) is 5.73. The van der Waals surface area contributed by atoms with Gasteiger partial charge >= 0.3 is 0 Å². The fourth-order valence-electron chi connectivity index (χ4n) is 2.05. The normalized spacial score (nSPS) is 11.6. The zero-order valence-electron chi connectivity index (χ0n) is 11.4. The van der Waals surface area contributed by atoms with Crippen LogP contribution in [0.3, 0.4) is 0 Å². The fraction of sp³-hybridized carbons (Fsp3) is 0.200. The van der Waals surface area contributed by atoms with Gasteiger partial charge in [0, 0.05) is 6.54 Å². The van der Waals surface area contributed by atoms with Gasteiger partial charge in [-0.25, -0.2) is 17.5 Å². The van der Waals surface area contributed by atoms with Crippen LogP contribution >= 0.6 is 0 Å². The summed E-state index contributed by atoms with van der Waals surface area (Å²) >= 11 is 0. The number of halogens is 1. The van der Waals surface area contributed by atoms with E-state index in [0.29, 0.717) is 0 Å². The number of nitrogens with one attached hydrogen (secondary N) is 1. The van der Waals surface area contributed by atoms with Crippen LogP contribution in [0.5, 0.6) is 0 Å². The third kappa shape index (κ3) is 3.65. The van der Waals surface area contributed by atoms with E-state index < -0.39 is 15.8 Å². The largest absolute Gasteiger partial charge is 0.240 e. The molecule has 0 heterocycles. The lowest BCUT2D eigenvalue weighted by molar-refractivity contribution is 0.580. The zero-order valence-corrected chi connectivity index (χ0v) is 12.2. The maximum Gasteiger partial charge on any atom is 0.240 e. The van der Waals surface area contributed by atoms with Crippen LogP contribution in [0.25, 0.3) is 0 Å². The molecule has 0 bridgehead atoms. The maximum absolute atomic E-state index is 12.8. The second-order valence-electron chi connectivity index (χ2n) is 4.77. The van der Waals surface area contributed by atoms with E-state index in [1.54, 1.807) is 0 Å². The highest BCUT2D eigenvalue weighted by atomic mass is 32.2. The van der Waals surface area contributed by atoms with Gasteiger partial charge in [-0.15, -0.1) is 0 Å². The highest BCUT2D eigenvalue weighted by molar-refractivity contribution is 7.89. The van der Waals surface area contributed by atoms with Crippen LogP contribution in [-0.2, 0) is 16.6 Å². The predicted molar refractivity (Wildman–Crippen MR) is 76.3 cm³/mol. The first-order valence-electron chi connectivity index (χ1n) is 6.19. The molecule has 0 amide bonds. The summed E-state index contributed by atoms with van der Waals surface area (Å²) < 4.78 is 39.4. The van der Waals surface area contributed by atoms with E-state index in [1.807, 2.05) is 32.0 Å². The smallest absolute Gasteiger partial charge is 0.207 e. The van der Waals surface area contributed by atoms with E-state index in [2.05, 4.69) is 4.72 Å². The Balaban J connectivity index is 2.15. The SMILES string of the molecule is Cc1cc(C)cc(CNS(=O)(=O)c2ccc(F)cc2)c1. The lowest BCUT2D eigenvalue weighted by Crippen LogP contribution is -2.23. The summed E-state index contributed by atoms with van der Waals surface area (Å²) in [6.07, 6.45) is 0. The van der Waals surface area contributed by atoms with Gasteiger partial charge in [-0.2, -0.15) is 0 Å². The molecule has 2 rings (SSSR count). The maximum atomic E-state index is 12.8. The number of rotatable bonds is 4. The fourth-order valence-corrected chi connectivity index (χ4v) is 3.06. The molecule has 0 unspecified atom stereocenters. The van der Waals surface area contributed by atoms with Crippen LogP contribution in [0, 0.1) is 19.7 Å². The Morgan fingerprint density at radius 2 is 1.55 bits per heavy atom. The molecular formula is C15H16FNO2S. The van der Waals surface area contributed by atoms with Crippen molar-refractivity contribution in [3.05, 3.63) is 65.0 Å². The Labute approximate surface area is 118 Å². The Morgan fingerprint density at radius 1 is 1.00 bits per heavy atom. The molecule has 0 aromatic heterocycles. The summed E-state index contributed by atoms with van der Waals surface area (Å²) in [5.74, 6) is -0.460. The first-order valence-corrected chi connectivity index (χ1v) is 7.67. The van der Waals surface area contributed by atoms with Gasteiger partial charge in [0.1, 0.15) is 5.82 Å². The van der Waals surface area contributed by atoms with Crippen LogP contribution < -0.4 is 4.72 Å². The van der Waals surface area contributed by atoms with Gasteiger partial charge in [-0.05, 0) is 43.7 Å². The monoisotopic (exact) mass is 293 g/mol. The van der Waals surface area contributed by atoms with Gasteiger partial charge in [0.15, 0.2) is 0 Å². The highest BCUT2D eigenvalue weighted by Crippen LogP contribution is 2.12. The summed E-state index contributed by atoms with van der Waals surface area (Å²) in [6.45, 7) is 4.14. The first kappa shape index (κ1) is 14.7. The Hall–Kier alpha value is -1.72. The van der Waals surface area contributed by atoms with Crippen molar-refractivity contribution in [2.24, 2.45) is 0 Å². The summed E-state index contributed by atoms with van der Waals surface area (Å²) in [5.41, 5.74) is 3.06. The average Bonchev–Trinajstić information content (AvgIpc) is 2.36. The summed E-state index contributed by atoms with van der Waals surface area (Å²) in [4.78, 5) is 0.0586. The Morgan fingerprint density at radius 3 is 2.10 bits per heavy atom. The molecule has 106 valence electrons. The van der Waals surface area contributed by atoms with E-state index in [-0.39, 0.29) is 11.4 Å². The zero-order chi connectivity index (χ0) is 14.8. The van der Waals surface area contributed by atoms with Gasteiger partial charge in [-0.3, -0.25) is 0 Å². The minimum absolute atomic E-state index is 0.0586. The topological polar surface area (TPSA) is 46.2 Å². The quantitative estimate of drug-likeness (QED) is 0.942. The molecular weight excluding hydrogens is 277 g/mol. The number of hydrogen-bond donors (Lipinski definition) is 1. The molecule has 2 aromatic rings. The second-order valence-corrected chi connectivity index (χ2v) is 6.54. The van der Waals surface area contributed by atoms with Gasteiger partial charge < -0.3 is 0 Å². The average molecular weight is 293 g/mol. The highest BCUT2D eigenvalue weighted by Gasteiger charge is 2.13. The Bertz CT molecular complexity index is 689. The third-order valence-electron chi connectivity index (χ3n) is 2.87. The molecule has 0 saturated carbocycles. The van der Waals surface area contributed by atoms with E-state index in [1.165, 1.54) is 12.1 Å². The molecule has 0 aliphatic rings. The molecule has 5 heteroatoms. The van der Waals surface area contributed by atoms with Gasteiger partial charge in [0.2, 0.25) is 10.0 Å². The van der Waals surface area contributed by atoms with Crippen molar-refractivity contribution in [3.63, 3.8) is 0 Å². The number of hydrogen-bond acceptors (Lipinski definition) is 2. The van der Waals surface area contributed by atoms with Crippen LogP contribution in [0.2, 0.25) is 0 Å². The van der Waals surface area contributed by atoms with E-state index in [9.17, 15) is 12.8 Å². The number of aryl methyl sites for hydroxylation is 2. The van der Waals surface area contributed by atoms with E-state index >= 15 is 0 Å². The number of benzene rings is 2. The molecule has 0 aliphatic heterocycles. The van der Waals surface area contributed by atoms with Crippen molar-refractivity contribution < 1.29 is 12.8 Å². The molecule has 20 heavy (non-hydrogen) atoms. The van der Waals surface area contributed by atoms with Crippen molar-refractivity contribution in [2.75, 3.05) is 0 Å². The van der Waals surface area contributed by atoms with Gasteiger partial charge in [0.25, 0.3) is 0 Å². The molecule has 0 radical (unpaired) electrons. The Kier molecular flexibility index (Phi) is 4.20. The third-order valence-corrected chi connectivity index (χ3v) is 4.29. The lowest BCUT2D eigenvalue weighted by atomic mass is 10.1. The van der Waals surface area contributed by atoms with Crippen LogP contribution in [0.15, 0.2) is 47.4 Å². The van der Waals surface area contributed by atoms with Crippen molar-refractivity contribution >= 4 is 10.0 Å². The molecule has 0 atom stereocenters. The predicted octanol–water partition coefficient (Wildman–Crippen LogP) is 2.92. The molecule has 1 N–H and O–H groups in total. The molecule has 3 nitrogen and oxygen atoms in total. The molecule has 2 aromatic carbocycles. The molecule has 0 saturated heterocycles. The first-order chi connectivity index (χ1) is 9.37. The van der Waals surface area contributed by atoms with Crippen molar-refractivity contribution in [1.82, 2.24) is 4.72 Å². The standard InChI is InChI=1S/C15H16FNO2S/c1-11-7-12(2)9-13(8-11)10-17-20(18,19)15-5-3-14(16)4-6-15/h3-9,17H,10H2,1-2H3. The summed E-state index contributed by atoms with van der Waals surface area (Å²) in [5, 5.41) is 0. The lowest BCUT2D eigenvalue weighted by Gasteiger charge is -2.08. The molecule has 0 fully saturated rings. The van der Waals surface area contributed by atoms with Gasteiger partial charge in [0.05, 0.1) is 4.90 Å². The van der Waals surface area contributed by atoms with Crippen LogP contribution in [0.1, 0.15) is 16.7 Å². The van der Waals surface area contributed by atoms with Crippen molar-refractivity contribution in [1.29, 1.82) is 0 Å². The molecule has 0 spiro atoms. The van der Waals surface area contributed by atoms with E-state index in [4.69, 9.17) is 0 Å². The molecule has 0 aliphatic carbocycles.